The molecule has 146 valence electrons. The third-order valence-corrected chi connectivity index (χ3v) is 5.59. The highest BCUT2D eigenvalue weighted by Gasteiger charge is 2.55. The van der Waals surface area contributed by atoms with E-state index >= 15 is 0 Å². The van der Waals surface area contributed by atoms with Gasteiger partial charge in [0.05, 0.1) is 0 Å². The first-order valence-corrected chi connectivity index (χ1v) is 9.73. The number of hydrogen-bond donors (Lipinski definition) is 2. The van der Waals surface area contributed by atoms with Gasteiger partial charge in [-0.15, -0.1) is 0 Å². The van der Waals surface area contributed by atoms with Crippen LogP contribution in [0.5, 0.6) is 0 Å². The van der Waals surface area contributed by atoms with Crippen LogP contribution in [0.15, 0.2) is 24.3 Å². The maximum absolute atomic E-state index is 13.0. The number of hydrogen-bond acceptors (Lipinski definition) is 4. The molecule has 1 spiro atoms. The molecule has 7 nitrogen and oxygen atoms in total. The molecule has 1 aromatic carbocycles. The predicted octanol–water partition coefficient (Wildman–Crippen LogP) is 1.23. The van der Waals surface area contributed by atoms with Gasteiger partial charge in [-0.25, -0.2) is 4.79 Å². The Bertz CT molecular complexity index is 732. The van der Waals surface area contributed by atoms with Crippen LogP contribution in [0.25, 0.3) is 0 Å². The van der Waals surface area contributed by atoms with E-state index < -0.39 is 11.6 Å². The number of fused-ring (bicyclic) bond motifs is 2. The van der Waals surface area contributed by atoms with E-state index in [0.717, 1.165) is 48.5 Å². The smallest absolute Gasteiger partial charge is 0.325 e. The lowest BCUT2D eigenvalue weighted by atomic mass is 9.92. The van der Waals surface area contributed by atoms with E-state index in [1.807, 2.05) is 24.3 Å². The second kappa shape index (κ2) is 8.08. The number of imide groups is 1. The summed E-state index contributed by atoms with van der Waals surface area (Å²) in [4.78, 5) is 40.9. The number of carbonyl (C=O) groups is 3. The van der Waals surface area contributed by atoms with Crippen molar-refractivity contribution in [2.24, 2.45) is 0 Å². The second-order valence-corrected chi connectivity index (χ2v) is 7.11. The largest absolute Gasteiger partial charge is 0.354 e. The summed E-state index contributed by atoms with van der Waals surface area (Å²) in [5, 5.41) is 5.65. The number of amides is 4. The Hall–Kier alpha value is -2.41. The Morgan fingerprint density at radius 3 is 2.74 bits per heavy atom. The van der Waals surface area contributed by atoms with Crippen LogP contribution in [0.2, 0.25) is 0 Å². The summed E-state index contributed by atoms with van der Waals surface area (Å²) >= 11 is 0. The number of rotatable bonds is 8. The fourth-order valence-corrected chi connectivity index (χ4v) is 4.00. The summed E-state index contributed by atoms with van der Waals surface area (Å²) in [6, 6.07) is 7.18. The van der Waals surface area contributed by atoms with Gasteiger partial charge >= 0.3 is 6.03 Å². The molecule has 1 aliphatic heterocycles. The number of urea groups is 1. The Labute approximate surface area is 160 Å². The number of aryl methyl sites for hydroxylation is 1. The van der Waals surface area contributed by atoms with Crippen LogP contribution in [0.3, 0.4) is 0 Å². The van der Waals surface area contributed by atoms with Gasteiger partial charge in [0.1, 0.15) is 12.1 Å². The van der Waals surface area contributed by atoms with Crippen LogP contribution in [0, 0.1) is 0 Å². The number of nitrogens with zero attached hydrogens (tertiary/aromatic N) is 2. The van der Waals surface area contributed by atoms with Gasteiger partial charge in [0.15, 0.2) is 0 Å². The van der Waals surface area contributed by atoms with Gasteiger partial charge in [-0.2, -0.15) is 0 Å². The molecule has 1 unspecified atom stereocenters. The van der Waals surface area contributed by atoms with E-state index in [0.29, 0.717) is 13.0 Å². The topological polar surface area (TPSA) is 81.8 Å². The number of nitrogens with one attached hydrogen (secondary N) is 2. The molecular formula is C20H28N4O3. The van der Waals surface area contributed by atoms with Gasteiger partial charge in [-0.3, -0.25) is 14.5 Å². The summed E-state index contributed by atoms with van der Waals surface area (Å²) in [7, 11) is 0. The van der Waals surface area contributed by atoms with Crippen LogP contribution < -0.4 is 10.6 Å². The van der Waals surface area contributed by atoms with Crippen LogP contribution >= 0.6 is 0 Å². The minimum absolute atomic E-state index is 0.236. The van der Waals surface area contributed by atoms with E-state index in [1.54, 1.807) is 0 Å². The molecule has 3 rings (SSSR count). The molecule has 0 aromatic heterocycles. The Balaban J connectivity index is 1.56. The lowest BCUT2D eigenvalue weighted by Crippen LogP contribution is -2.44. The average molecular weight is 372 g/mol. The molecule has 1 aliphatic carbocycles. The number of benzene rings is 1. The van der Waals surface area contributed by atoms with E-state index in [-0.39, 0.29) is 18.4 Å². The van der Waals surface area contributed by atoms with Crippen LogP contribution in [0.4, 0.5) is 4.79 Å². The Morgan fingerprint density at radius 1 is 1.26 bits per heavy atom. The summed E-state index contributed by atoms with van der Waals surface area (Å²) in [6.07, 6.45) is 2.12. The first kappa shape index (κ1) is 19.4. The molecule has 2 N–H and O–H groups in total. The highest BCUT2D eigenvalue weighted by Crippen LogP contribution is 2.41. The standard InChI is InChI=1S/C20H28N4O3/c1-3-23(4-2)13-7-12-21-17(25)14-24-18(26)20(22-19(24)27)11-10-15-8-5-6-9-16(15)20/h5-6,8-9H,3-4,7,10-14H2,1-2H3,(H,21,25)(H,22,27). The van der Waals surface area contributed by atoms with Gasteiger partial charge in [-0.1, -0.05) is 38.1 Å². The molecule has 1 saturated heterocycles. The summed E-state index contributed by atoms with van der Waals surface area (Å²) < 4.78 is 0. The van der Waals surface area contributed by atoms with Crippen molar-refractivity contribution < 1.29 is 14.4 Å². The molecule has 0 bridgehead atoms. The van der Waals surface area contributed by atoms with Gasteiger partial charge in [0.25, 0.3) is 5.91 Å². The predicted molar refractivity (Wildman–Crippen MR) is 102 cm³/mol. The molecule has 0 radical (unpaired) electrons. The fraction of sp³-hybridized carbons (Fsp3) is 0.550. The number of carbonyl (C=O) groups excluding carboxylic acids is 3. The van der Waals surface area contributed by atoms with E-state index in [1.165, 1.54) is 0 Å². The Morgan fingerprint density at radius 2 is 2.00 bits per heavy atom. The summed E-state index contributed by atoms with van der Waals surface area (Å²) in [5.74, 6) is -0.628. The van der Waals surface area contributed by atoms with Gasteiger partial charge in [0.2, 0.25) is 5.91 Å². The molecule has 0 saturated carbocycles. The van der Waals surface area contributed by atoms with Gasteiger partial charge < -0.3 is 15.5 Å². The highest BCUT2D eigenvalue weighted by molar-refractivity contribution is 6.09. The van der Waals surface area contributed by atoms with E-state index in [4.69, 9.17) is 0 Å². The lowest BCUT2D eigenvalue weighted by molar-refractivity contribution is -0.135. The van der Waals surface area contributed by atoms with Crippen molar-refractivity contribution in [2.75, 3.05) is 32.7 Å². The SMILES string of the molecule is CCN(CC)CCCNC(=O)CN1C(=O)NC2(CCc3ccccc32)C1=O. The molecule has 4 amide bonds. The normalized spacial score (nSPS) is 21.1. The van der Waals surface area contributed by atoms with Crippen molar-refractivity contribution in [3.63, 3.8) is 0 Å². The van der Waals surface area contributed by atoms with Gasteiger partial charge in [-0.05, 0) is 50.0 Å². The first-order chi connectivity index (χ1) is 13.0. The van der Waals surface area contributed by atoms with Crippen molar-refractivity contribution >= 4 is 17.8 Å². The molecular weight excluding hydrogens is 344 g/mol. The van der Waals surface area contributed by atoms with Crippen molar-refractivity contribution in [3.8, 4) is 0 Å². The van der Waals surface area contributed by atoms with E-state index in [9.17, 15) is 14.4 Å². The molecule has 1 aromatic rings. The monoisotopic (exact) mass is 372 g/mol. The average Bonchev–Trinajstić information content (AvgIpc) is 3.16. The van der Waals surface area contributed by atoms with Crippen molar-refractivity contribution in [2.45, 2.75) is 38.6 Å². The fourth-order valence-electron chi connectivity index (χ4n) is 4.00. The molecule has 2 aliphatic rings. The quantitative estimate of drug-likeness (QED) is 0.531. The summed E-state index contributed by atoms with van der Waals surface area (Å²) in [5.41, 5.74) is 0.927. The third-order valence-electron chi connectivity index (χ3n) is 5.59. The van der Waals surface area contributed by atoms with E-state index in [2.05, 4.69) is 29.4 Å². The molecule has 7 heteroatoms. The molecule has 27 heavy (non-hydrogen) atoms. The maximum atomic E-state index is 13.0. The van der Waals surface area contributed by atoms with Crippen molar-refractivity contribution in [1.29, 1.82) is 0 Å². The van der Waals surface area contributed by atoms with Crippen molar-refractivity contribution in [3.05, 3.63) is 35.4 Å². The zero-order valence-corrected chi connectivity index (χ0v) is 16.1. The maximum Gasteiger partial charge on any atom is 0.325 e. The third kappa shape index (κ3) is 3.69. The highest BCUT2D eigenvalue weighted by atomic mass is 16.2. The zero-order valence-electron chi connectivity index (χ0n) is 16.1. The minimum Gasteiger partial charge on any atom is -0.354 e. The van der Waals surface area contributed by atoms with Crippen LogP contribution in [-0.4, -0.2) is 60.4 Å². The molecule has 1 fully saturated rings. The van der Waals surface area contributed by atoms with Crippen LogP contribution in [0.1, 0.15) is 37.8 Å². The summed E-state index contributed by atoms with van der Waals surface area (Å²) in [6.45, 7) is 7.39. The van der Waals surface area contributed by atoms with Crippen molar-refractivity contribution in [1.82, 2.24) is 20.4 Å². The molecule has 1 heterocycles. The minimum atomic E-state index is -1.00. The van der Waals surface area contributed by atoms with Crippen LogP contribution in [-0.2, 0) is 21.5 Å². The second-order valence-electron chi connectivity index (χ2n) is 7.11. The lowest BCUT2D eigenvalue weighted by Gasteiger charge is -2.22. The first-order valence-electron chi connectivity index (χ1n) is 9.73. The Kier molecular flexibility index (Phi) is 5.79. The van der Waals surface area contributed by atoms with Gasteiger partial charge in [0, 0.05) is 6.54 Å². The molecule has 1 atom stereocenters. The zero-order chi connectivity index (χ0) is 19.4.